The van der Waals surface area contributed by atoms with Crippen LogP contribution in [-0.4, -0.2) is 18.4 Å². The van der Waals surface area contributed by atoms with Crippen molar-refractivity contribution >= 4 is 11.8 Å². The third-order valence-corrected chi connectivity index (χ3v) is 2.85. The monoisotopic (exact) mass is 269 g/mol. The van der Waals surface area contributed by atoms with E-state index in [-0.39, 0.29) is 12.4 Å². The Balaban J connectivity index is 1.91. The van der Waals surface area contributed by atoms with Crippen molar-refractivity contribution < 1.29 is 14.3 Å². The maximum Gasteiger partial charge on any atom is 0.328 e. The number of hydrogen-bond donors (Lipinski definition) is 1. The van der Waals surface area contributed by atoms with Gasteiger partial charge in [-0.25, -0.2) is 4.79 Å². The summed E-state index contributed by atoms with van der Waals surface area (Å²) in [6.45, 7) is -0.302. The fourth-order valence-corrected chi connectivity index (χ4v) is 1.73. The minimum Gasteiger partial charge on any atom is -0.456 e. The van der Waals surface area contributed by atoms with Crippen LogP contribution in [-0.2, 0) is 9.53 Å². The van der Waals surface area contributed by atoms with Gasteiger partial charge in [0.1, 0.15) is 6.04 Å². The molecule has 0 aliphatic rings. The lowest BCUT2D eigenvalue weighted by molar-refractivity contribution is -0.144. The van der Waals surface area contributed by atoms with Gasteiger partial charge in [-0.2, -0.15) is 0 Å². The lowest BCUT2D eigenvalue weighted by Gasteiger charge is -2.11. The highest BCUT2D eigenvalue weighted by Crippen LogP contribution is 2.11. The number of ketones is 1. The van der Waals surface area contributed by atoms with Gasteiger partial charge in [-0.05, 0) is 5.56 Å². The molecule has 20 heavy (non-hydrogen) atoms. The van der Waals surface area contributed by atoms with Gasteiger partial charge in [-0.1, -0.05) is 60.7 Å². The number of benzene rings is 2. The molecule has 0 radical (unpaired) electrons. The molecule has 2 aromatic carbocycles. The van der Waals surface area contributed by atoms with Crippen LogP contribution in [0.3, 0.4) is 0 Å². The molecular formula is C16H15NO3. The van der Waals surface area contributed by atoms with E-state index in [4.69, 9.17) is 10.5 Å². The van der Waals surface area contributed by atoms with Crippen LogP contribution in [0.1, 0.15) is 22.0 Å². The zero-order valence-corrected chi connectivity index (χ0v) is 10.9. The Labute approximate surface area is 117 Å². The van der Waals surface area contributed by atoms with Crippen LogP contribution < -0.4 is 5.73 Å². The molecule has 0 aliphatic carbocycles. The molecule has 0 spiro atoms. The summed E-state index contributed by atoms with van der Waals surface area (Å²) < 4.78 is 4.96. The third kappa shape index (κ3) is 3.52. The average molecular weight is 269 g/mol. The molecule has 0 fully saturated rings. The van der Waals surface area contributed by atoms with E-state index in [0.717, 1.165) is 0 Å². The van der Waals surface area contributed by atoms with Crippen molar-refractivity contribution in [3.05, 3.63) is 71.8 Å². The van der Waals surface area contributed by atoms with E-state index < -0.39 is 12.0 Å². The predicted molar refractivity (Wildman–Crippen MR) is 75.1 cm³/mol. The molecule has 2 aromatic rings. The van der Waals surface area contributed by atoms with Crippen LogP contribution in [0.15, 0.2) is 60.7 Å². The number of ether oxygens (including phenoxy) is 1. The molecule has 1 atom stereocenters. The van der Waals surface area contributed by atoms with Crippen LogP contribution in [0.25, 0.3) is 0 Å². The molecule has 1 unspecified atom stereocenters. The smallest absolute Gasteiger partial charge is 0.328 e. The van der Waals surface area contributed by atoms with Gasteiger partial charge in [0, 0.05) is 5.56 Å². The second kappa shape index (κ2) is 6.63. The molecule has 0 heterocycles. The first-order chi connectivity index (χ1) is 9.68. The van der Waals surface area contributed by atoms with Gasteiger partial charge in [-0.15, -0.1) is 0 Å². The molecule has 0 bridgehead atoms. The fraction of sp³-hybridized carbons (Fsp3) is 0.125. The van der Waals surface area contributed by atoms with Gasteiger partial charge in [0.25, 0.3) is 0 Å². The number of rotatable bonds is 5. The van der Waals surface area contributed by atoms with Crippen LogP contribution in [0.5, 0.6) is 0 Å². The van der Waals surface area contributed by atoms with Crippen LogP contribution in [0.4, 0.5) is 0 Å². The molecule has 0 aromatic heterocycles. The maximum absolute atomic E-state index is 11.8. The van der Waals surface area contributed by atoms with Gasteiger partial charge in [0.2, 0.25) is 0 Å². The highest BCUT2D eigenvalue weighted by Gasteiger charge is 2.18. The van der Waals surface area contributed by atoms with E-state index in [1.807, 2.05) is 12.1 Å². The standard InChI is InChI=1S/C16H15NO3/c17-15(13-9-5-2-6-10-13)16(19)20-11-14(18)12-7-3-1-4-8-12/h1-10,15H,11,17H2. The van der Waals surface area contributed by atoms with Crippen LogP contribution >= 0.6 is 0 Å². The van der Waals surface area contributed by atoms with Gasteiger partial charge < -0.3 is 10.5 Å². The van der Waals surface area contributed by atoms with Crippen molar-refractivity contribution in [3.8, 4) is 0 Å². The summed E-state index contributed by atoms with van der Waals surface area (Å²) in [5.41, 5.74) is 6.94. The number of nitrogens with two attached hydrogens (primary N) is 1. The van der Waals surface area contributed by atoms with Crippen molar-refractivity contribution in [2.75, 3.05) is 6.61 Å². The summed E-state index contributed by atoms with van der Waals surface area (Å²) in [7, 11) is 0. The van der Waals surface area contributed by atoms with E-state index in [1.54, 1.807) is 48.5 Å². The summed E-state index contributed by atoms with van der Waals surface area (Å²) in [6.07, 6.45) is 0. The van der Waals surface area contributed by atoms with Gasteiger partial charge in [0.15, 0.2) is 12.4 Å². The summed E-state index contributed by atoms with van der Waals surface area (Å²) in [6, 6.07) is 16.7. The molecule has 0 saturated heterocycles. The lowest BCUT2D eigenvalue weighted by atomic mass is 10.1. The normalized spacial score (nSPS) is 11.7. The minimum absolute atomic E-state index is 0.251. The highest BCUT2D eigenvalue weighted by molar-refractivity contribution is 5.98. The van der Waals surface area contributed by atoms with E-state index in [0.29, 0.717) is 11.1 Å². The first kappa shape index (κ1) is 14.0. The molecule has 4 nitrogen and oxygen atoms in total. The molecule has 2 N–H and O–H groups in total. The van der Waals surface area contributed by atoms with Crippen molar-refractivity contribution in [2.24, 2.45) is 5.73 Å². The molecule has 0 aliphatic heterocycles. The second-order valence-corrected chi connectivity index (χ2v) is 4.29. The first-order valence-electron chi connectivity index (χ1n) is 6.24. The van der Waals surface area contributed by atoms with E-state index >= 15 is 0 Å². The van der Waals surface area contributed by atoms with Crippen molar-refractivity contribution in [1.29, 1.82) is 0 Å². The Kier molecular flexibility index (Phi) is 4.63. The highest BCUT2D eigenvalue weighted by atomic mass is 16.5. The van der Waals surface area contributed by atoms with Crippen LogP contribution in [0.2, 0.25) is 0 Å². The summed E-state index contributed by atoms with van der Waals surface area (Å²) in [5.74, 6) is -0.861. The predicted octanol–water partition coefficient (Wildman–Crippen LogP) is 2.11. The second-order valence-electron chi connectivity index (χ2n) is 4.29. The van der Waals surface area contributed by atoms with E-state index in [2.05, 4.69) is 0 Å². The Hall–Kier alpha value is -2.46. The fourth-order valence-electron chi connectivity index (χ4n) is 1.73. The first-order valence-corrected chi connectivity index (χ1v) is 6.24. The molecule has 4 heteroatoms. The van der Waals surface area contributed by atoms with Gasteiger partial charge in [0.05, 0.1) is 0 Å². The zero-order valence-electron chi connectivity index (χ0n) is 10.9. The van der Waals surface area contributed by atoms with Gasteiger partial charge in [-0.3, -0.25) is 4.79 Å². The summed E-state index contributed by atoms with van der Waals surface area (Å²) >= 11 is 0. The summed E-state index contributed by atoms with van der Waals surface area (Å²) in [5, 5.41) is 0. The topological polar surface area (TPSA) is 69.4 Å². The molecule has 102 valence electrons. The SMILES string of the molecule is NC(C(=O)OCC(=O)c1ccccc1)c1ccccc1. The van der Waals surface area contributed by atoms with Crippen molar-refractivity contribution in [1.82, 2.24) is 0 Å². The largest absolute Gasteiger partial charge is 0.456 e. The Morgan fingerprint density at radius 2 is 1.50 bits per heavy atom. The van der Waals surface area contributed by atoms with Crippen molar-refractivity contribution in [3.63, 3.8) is 0 Å². The molecular weight excluding hydrogens is 254 g/mol. The van der Waals surface area contributed by atoms with Gasteiger partial charge >= 0.3 is 5.97 Å². The quantitative estimate of drug-likeness (QED) is 0.666. The average Bonchev–Trinajstić information content (AvgIpc) is 2.53. The molecule has 2 rings (SSSR count). The van der Waals surface area contributed by atoms with E-state index in [1.165, 1.54) is 0 Å². The minimum atomic E-state index is -0.875. The maximum atomic E-state index is 11.8. The Morgan fingerprint density at radius 1 is 0.950 bits per heavy atom. The van der Waals surface area contributed by atoms with Crippen LogP contribution in [0, 0.1) is 0 Å². The Bertz CT molecular complexity index is 581. The van der Waals surface area contributed by atoms with Crippen molar-refractivity contribution in [2.45, 2.75) is 6.04 Å². The summed E-state index contributed by atoms with van der Waals surface area (Å²) in [4.78, 5) is 23.6. The third-order valence-electron chi connectivity index (χ3n) is 2.85. The van der Waals surface area contributed by atoms with E-state index in [9.17, 15) is 9.59 Å². The number of carbonyl (C=O) groups is 2. The Morgan fingerprint density at radius 3 is 2.10 bits per heavy atom. The number of hydrogen-bond acceptors (Lipinski definition) is 4. The number of carbonyl (C=O) groups excluding carboxylic acids is 2. The lowest BCUT2D eigenvalue weighted by Crippen LogP contribution is -2.25. The number of Topliss-reactive ketones (excluding diaryl/α,β-unsaturated/α-hetero) is 1. The number of esters is 1. The molecule has 0 amide bonds. The molecule has 0 saturated carbocycles. The zero-order chi connectivity index (χ0) is 14.4.